The van der Waals surface area contributed by atoms with E-state index in [1.165, 1.54) is 0 Å². The maximum atomic E-state index is 12.3. The van der Waals surface area contributed by atoms with E-state index < -0.39 is 0 Å². The zero-order valence-corrected chi connectivity index (χ0v) is 11.6. The lowest BCUT2D eigenvalue weighted by atomic mass is 10.1. The molecule has 0 unspecified atom stereocenters. The highest BCUT2D eigenvalue weighted by Crippen LogP contribution is 2.30. The molecule has 0 aromatic heterocycles. The minimum absolute atomic E-state index is 0.0171. The third-order valence-corrected chi connectivity index (χ3v) is 3.50. The summed E-state index contributed by atoms with van der Waals surface area (Å²) < 4.78 is 5.63. The second kappa shape index (κ2) is 5.32. The van der Waals surface area contributed by atoms with Gasteiger partial charge in [0.05, 0.1) is 6.54 Å². The molecule has 21 heavy (non-hydrogen) atoms. The van der Waals surface area contributed by atoms with E-state index in [0.29, 0.717) is 24.4 Å². The molecular weight excluding hydrogens is 264 g/mol. The van der Waals surface area contributed by atoms with E-state index in [1.807, 2.05) is 36.4 Å². The van der Waals surface area contributed by atoms with Crippen molar-refractivity contribution in [2.45, 2.75) is 0 Å². The summed E-state index contributed by atoms with van der Waals surface area (Å²) in [5.41, 5.74) is 8.65. The summed E-state index contributed by atoms with van der Waals surface area (Å²) in [6.45, 7) is 4.87. The first-order valence-corrected chi connectivity index (χ1v) is 6.75. The summed E-state index contributed by atoms with van der Waals surface area (Å²) in [7, 11) is 0. The lowest BCUT2D eigenvalue weighted by Crippen LogP contribution is -2.27. The van der Waals surface area contributed by atoms with E-state index in [9.17, 15) is 4.79 Å². The maximum Gasteiger partial charge on any atom is 0.259 e. The highest BCUT2D eigenvalue weighted by Gasteiger charge is 2.30. The van der Waals surface area contributed by atoms with Crippen LogP contribution in [0.25, 0.3) is 5.70 Å². The highest BCUT2D eigenvalue weighted by molar-refractivity contribution is 6.08. The lowest BCUT2D eigenvalue weighted by Gasteiger charge is -2.17. The van der Waals surface area contributed by atoms with Crippen molar-refractivity contribution in [2.24, 2.45) is 0 Å². The Morgan fingerprint density at radius 3 is 2.38 bits per heavy atom. The number of nitrogens with zero attached hydrogens (tertiary/aromatic N) is 1. The largest absolute Gasteiger partial charge is 0.492 e. The zero-order chi connectivity index (χ0) is 14.8. The number of nitrogens with two attached hydrogens (primary N) is 1. The molecule has 1 aliphatic rings. The second-order valence-corrected chi connectivity index (χ2v) is 4.87. The molecule has 2 N–H and O–H groups in total. The Hall–Kier alpha value is -2.75. The summed E-state index contributed by atoms with van der Waals surface area (Å²) in [5.74, 6) is 0.718. The van der Waals surface area contributed by atoms with Gasteiger partial charge >= 0.3 is 0 Å². The van der Waals surface area contributed by atoms with Gasteiger partial charge in [0.25, 0.3) is 5.91 Å². The van der Waals surface area contributed by atoms with E-state index in [-0.39, 0.29) is 5.91 Å². The first-order valence-electron chi connectivity index (χ1n) is 6.75. The van der Waals surface area contributed by atoms with Gasteiger partial charge in [-0.15, -0.1) is 0 Å². The Labute approximate surface area is 123 Å². The third-order valence-electron chi connectivity index (χ3n) is 3.50. The first-order chi connectivity index (χ1) is 10.2. The van der Waals surface area contributed by atoms with Gasteiger partial charge in [-0.05, 0) is 30.3 Å². The molecule has 2 aromatic rings. The van der Waals surface area contributed by atoms with Crippen LogP contribution in [0.3, 0.4) is 0 Å². The van der Waals surface area contributed by atoms with Crippen molar-refractivity contribution in [1.29, 1.82) is 0 Å². The molecule has 4 nitrogen and oxygen atoms in total. The van der Waals surface area contributed by atoms with Gasteiger partial charge in [-0.1, -0.05) is 24.8 Å². The highest BCUT2D eigenvalue weighted by atomic mass is 16.5. The number of amides is 1. The monoisotopic (exact) mass is 280 g/mol. The van der Waals surface area contributed by atoms with Crippen LogP contribution in [0.15, 0.2) is 55.1 Å². The second-order valence-electron chi connectivity index (χ2n) is 4.87. The van der Waals surface area contributed by atoms with Crippen molar-refractivity contribution in [3.8, 4) is 5.75 Å². The fourth-order valence-corrected chi connectivity index (χ4v) is 2.39. The number of hydrogen-bond acceptors (Lipinski definition) is 3. The van der Waals surface area contributed by atoms with Crippen molar-refractivity contribution in [1.82, 2.24) is 4.90 Å². The molecule has 0 saturated carbocycles. The summed E-state index contributed by atoms with van der Waals surface area (Å²) in [5, 5.41) is 0. The van der Waals surface area contributed by atoms with E-state index in [2.05, 4.69) is 6.58 Å². The fraction of sp³-hybridized carbons (Fsp3) is 0.118. The minimum atomic E-state index is -0.0171. The smallest absolute Gasteiger partial charge is 0.259 e. The predicted molar refractivity (Wildman–Crippen MR) is 82.9 cm³/mol. The van der Waals surface area contributed by atoms with Crippen LogP contribution in [0.4, 0.5) is 5.69 Å². The van der Waals surface area contributed by atoms with Gasteiger partial charge in [0.1, 0.15) is 12.4 Å². The number of fused-ring (bicyclic) bond motifs is 1. The molecule has 1 amide bonds. The standard InChI is InChI=1S/C17H16N2O2/c1-12-15-4-2-3-5-16(15)17(20)19(12)10-11-21-14-8-6-13(18)7-9-14/h2-9H,1,10-11,18H2. The molecule has 0 aliphatic carbocycles. The van der Waals surface area contributed by atoms with Gasteiger partial charge in [-0.3, -0.25) is 4.79 Å². The Bertz CT molecular complexity index is 657. The fourth-order valence-electron chi connectivity index (χ4n) is 2.39. The number of carbonyl (C=O) groups is 1. The molecule has 4 heteroatoms. The summed E-state index contributed by atoms with van der Waals surface area (Å²) >= 11 is 0. The SMILES string of the molecule is C=C1c2ccccc2C(=O)N1CCOc1ccc(N)cc1. The molecule has 1 heterocycles. The van der Waals surface area contributed by atoms with Crippen LogP contribution in [0.5, 0.6) is 5.75 Å². The van der Waals surface area contributed by atoms with Gasteiger partial charge in [-0.25, -0.2) is 0 Å². The molecule has 0 saturated heterocycles. The van der Waals surface area contributed by atoms with Crippen molar-refractivity contribution in [2.75, 3.05) is 18.9 Å². The number of nitrogen functional groups attached to an aromatic ring is 1. The zero-order valence-electron chi connectivity index (χ0n) is 11.6. The normalized spacial score (nSPS) is 13.4. The van der Waals surface area contributed by atoms with Crippen LogP contribution < -0.4 is 10.5 Å². The first kappa shape index (κ1) is 13.2. The van der Waals surface area contributed by atoms with Crippen molar-refractivity contribution < 1.29 is 9.53 Å². The van der Waals surface area contributed by atoms with Crippen LogP contribution in [-0.2, 0) is 0 Å². The quantitative estimate of drug-likeness (QED) is 0.876. The molecular formula is C17H16N2O2. The number of rotatable bonds is 4. The topological polar surface area (TPSA) is 55.6 Å². The van der Waals surface area contributed by atoms with Gasteiger partial charge < -0.3 is 15.4 Å². The number of anilines is 1. The van der Waals surface area contributed by atoms with Crippen LogP contribution in [-0.4, -0.2) is 24.0 Å². The molecule has 0 spiro atoms. The van der Waals surface area contributed by atoms with Crippen LogP contribution >= 0.6 is 0 Å². The average Bonchev–Trinajstić information content (AvgIpc) is 2.75. The average molecular weight is 280 g/mol. The Morgan fingerprint density at radius 2 is 1.71 bits per heavy atom. The molecule has 0 atom stereocenters. The van der Waals surface area contributed by atoms with Crippen LogP contribution in [0.1, 0.15) is 15.9 Å². The molecule has 2 aromatic carbocycles. The number of benzene rings is 2. The molecule has 0 radical (unpaired) electrons. The molecule has 3 rings (SSSR count). The Morgan fingerprint density at radius 1 is 1.05 bits per heavy atom. The lowest BCUT2D eigenvalue weighted by molar-refractivity contribution is 0.0834. The van der Waals surface area contributed by atoms with E-state index in [1.54, 1.807) is 17.0 Å². The van der Waals surface area contributed by atoms with Gasteiger partial charge in [0, 0.05) is 22.5 Å². The van der Waals surface area contributed by atoms with E-state index >= 15 is 0 Å². The number of hydrogen-bond donors (Lipinski definition) is 1. The van der Waals surface area contributed by atoms with E-state index in [0.717, 1.165) is 17.0 Å². The van der Waals surface area contributed by atoms with Crippen molar-refractivity contribution in [3.05, 3.63) is 66.2 Å². The van der Waals surface area contributed by atoms with Gasteiger partial charge in [0.15, 0.2) is 0 Å². The summed E-state index contributed by atoms with van der Waals surface area (Å²) in [6.07, 6.45) is 0. The van der Waals surface area contributed by atoms with Crippen LogP contribution in [0.2, 0.25) is 0 Å². The van der Waals surface area contributed by atoms with Crippen molar-refractivity contribution in [3.63, 3.8) is 0 Å². The summed E-state index contributed by atoms with van der Waals surface area (Å²) in [6, 6.07) is 14.7. The van der Waals surface area contributed by atoms with E-state index in [4.69, 9.17) is 10.5 Å². The number of carbonyl (C=O) groups excluding carboxylic acids is 1. The molecule has 106 valence electrons. The predicted octanol–water partition coefficient (Wildman–Crippen LogP) is 2.77. The molecule has 1 aliphatic heterocycles. The maximum absolute atomic E-state index is 12.3. The van der Waals surface area contributed by atoms with Gasteiger partial charge in [0.2, 0.25) is 0 Å². The summed E-state index contributed by atoms with van der Waals surface area (Å²) in [4.78, 5) is 13.9. The van der Waals surface area contributed by atoms with Gasteiger partial charge in [-0.2, -0.15) is 0 Å². The third kappa shape index (κ3) is 2.48. The minimum Gasteiger partial charge on any atom is -0.492 e. The Balaban J connectivity index is 1.63. The van der Waals surface area contributed by atoms with Crippen LogP contribution in [0, 0.1) is 0 Å². The molecule has 0 fully saturated rings. The number of ether oxygens (including phenoxy) is 1. The Kier molecular flexibility index (Phi) is 3.36. The van der Waals surface area contributed by atoms with Crippen molar-refractivity contribution >= 4 is 17.3 Å². The molecule has 0 bridgehead atoms.